The van der Waals surface area contributed by atoms with Crippen LogP contribution in [0, 0.1) is 6.92 Å². The van der Waals surface area contributed by atoms with E-state index < -0.39 is 0 Å². The van der Waals surface area contributed by atoms with Gasteiger partial charge in [0.2, 0.25) is 0 Å². The van der Waals surface area contributed by atoms with Crippen LogP contribution in [0.3, 0.4) is 0 Å². The summed E-state index contributed by atoms with van der Waals surface area (Å²) in [7, 11) is 1.56. The molecule has 3 heteroatoms. The molecule has 0 amide bonds. The smallest absolute Gasteiger partial charge is 0.197 e. The molecule has 92 valence electrons. The minimum atomic E-state index is -0.0541. The fraction of sp³-hybridized carbons (Fsp3) is 0.133. The van der Waals surface area contributed by atoms with E-state index in [1.807, 2.05) is 19.1 Å². The van der Waals surface area contributed by atoms with Crippen molar-refractivity contribution in [3.63, 3.8) is 0 Å². The standard InChI is InChI=1S/C15H13ClO2/c1-10-9-11(16)7-8-12(10)15(17)13-5-3-4-6-14(13)18-2/h3-9H,1-2H3. The predicted molar refractivity (Wildman–Crippen MR) is 72.6 cm³/mol. The Labute approximate surface area is 111 Å². The van der Waals surface area contributed by atoms with Crippen molar-refractivity contribution < 1.29 is 9.53 Å². The molecule has 0 N–H and O–H groups in total. The van der Waals surface area contributed by atoms with Crippen molar-refractivity contribution in [1.29, 1.82) is 0 Å². The highest BCUT2D eigenvalue weighted by Crippen LogP contribution is 2.24. The van der Waals surface area contributed by atoms with Crippen molar-refractivity contribution in [2.24, 2.45) is 0 Å². The van der Waals surface area contributed by atoms with Crippen molar-refractivity contribution in [1.82, 2.24) is 0 Å². The number of halogens is 1. The molecule has 0 aliphatic heterocycles. The molecule has 0 heterocycles. The average Bonchev–Trinajstić information content (AvgIpc) is 2.38. The SMILES string of the molecule is COc1ccccc1C(=O)c1ccc(Cl)cc1C. The zero-order valence-electron chi connectivity index (χ0n) is 10.2. The Morgan fingerprint density at radius 3 is 2.50 bits per heavy atom. The molecule has 2 nitrogen and oxygen atoms in total. The number of ether oxygens (including phenoxy) is 1. The first-order valence-corrected chi connectivity index (χ1v) is 5.95. The van der Waals surface area contributed by atoms with Gasteiger partial charge in [0.15, 0.2) is 5.78 Å². The van der Waals surface area contributed by atoms with Crippen LogP contribution in [-0.4, -0.2) is 12.9 Å². The fourth-order valence-corrected chi connectivity index (χ4v) is 2.09. The maximum Gasteiger partial charge on any atom is 0.197 e. The van der Waals surface area contributed by atoms with E-state index in [-0.39, 0.29) is 5.78 Å². The highest BCUT2D eigenvalue weighted by Gasteiger charge is 2.15. The van der Waals surface area contributed by atoms with Gasteiger partial charge in [-0.25, -0.2) is 0 Å². The van der Waals surface area contributed by atoms with Gasteiger partial charge in [-0.2, -0.15) is 0 Å². The Bertz CT molecular complexity index is 591. The number of benzene rings is 2. The van der Waals surface area contributed by atoms with Crippen LogP contribution < -0.4 is 4.74 Å². The van der Waals surface area contributed by atoms with Crippen LogP contribution in [0.4, 0.5) is 0 Å². The number of carbonyl (C=O) groups excluding carboxylic acids is 1. The van der Waals surface area contributed by atoms with Gasteiger partial charge >= 0.3 is 0 Å². The van der Waals surface area contributed by atoms with Gasteiger partial charge in [0.1, 0.15) is 5.75 Å². The number of methoxy groups -OCH3 is 1. The Hall–Kier alpha value is -1.80. The third-order valence-corrected chi connectivity index (χ3v) is 3.02. The second-order valence-corrected chi connectivity index (χ2v) is 4.43. The number of para-hydroxylation sites is 1. The summed E-state index contributed by atoms with van der Waals surface area (Å²) in [6, 6.07) is 12.4. The van der Waals surface area contributed by atoms with E-state index in [1.54, 1.807) is 37.4 Å². The van der Waals surface area contributed by atoms with Crippen LogP contribution in [0.15, 0.2) is 42.5 Å². The maximum absolute atomic E-state index is 12.4. The summed E-state index contributed by atoms with van der Waals surface area (Å²) in [5, 5.41) is 0.629. The van der Waals surface area contributed by atoms with Crippen molar-refractivity contribution in [2.75, 3.05) is 7.11 Å². The van der Waals surface area contributed by atoms with Gasteiger partial charge in [0.25, 0.3) is 0 Å². The third-order valence-electron chi connectivity index (χ3n) is 2.78. The normalized spacial score (nSPS) is 10.2. The molecule has 2 aromatic rings. The first-order valence-electron chi connectivity index (χ1n) is 5.57. The highest BCUT2D eigenvalue weighted by molar-refractivity contribution is 6.30. The van der Waals surface area contributed by atoms with Crippen molar-refractivity contribution in [2.45, 2.75) is 6.92 Å². The number of hydrogen-bond donors (Lipinski definition) is 0. The molecule has 0 bridgehead atoms. The van der Waals surface area contributed by atoms with Crippen molar-refractivity contribution in [3.05, 3.63) is 64.2 Å². The van der Waals surface area contributed by atoms with Crippen molar-refractivity contribution in [3.8, 4) is 5.75 Å². The van der Waals surface area contributed by atoms with E-state index in [9.17, 15) is 4.79 Å². The largest absolute Gasteiger partial charge is 0.496 e. The zero-order valence-corrected chi connectivity index (χ0v) is 11.0. The lowest BCUT2D eigenvalue weighted by atomic mass is 9.98. The van der Waals surface area contributed by atoms with E-state index in [4.69, 9.17) is 16.3 Å². The average molecular weight is 261 g/mol. The lowest BCUT2D eigenvalue weighted by Gasteiger charge is -2.09. The Morgan fingerprint density at radius 1 is 1.11 bits per heavy atom. The van der Waals surface area contributed by atoms with E-state index in [0.717, 1.165) is 5.56 Å². The molecule has 0 radical (unpaired) electrons. The van der Waals surface area contributed by atoms with Crippen LogP contribution in [-0.2, 0) is 0 Å². The summed E-state index contributed by atoms with van der Waals surface area (Å²) in [5.41, 5.74) is 2.06. The second kappa shape index (κ2) is 5.23. The number of aryl methyl sites for hydroxylation is 1. The van der Waals surface area contributed by atoms with Crippen LogP contribution in [0.25, 0.3) is 0 Å². The first kappa shape index (κ1) is 12.7. The summed E-state index contributed by atoms with van der Waals surface area (Å²) in [5.74, 6) is 0.526. The van der Waals surface area contributed by atoms with Crippen LogP contribution in [0.1, 0.15) is 21.5 Å². The fourth-order valence-electron chi connectivity index (χ4n) is 1.86. The summed E-state index contributed by atoms with van der Waals surface area (Å²) >= 11 is 5.89. The van der Waals surface area contributed by atoms with Gasteiger partial charge in [-0.1, -0.05) is 23.7 Å². The lowest BCUT2D eigenvalue weighted by molar-refractivity contribution is 0.103. The molecular formula is C15H13ClO2. The van der Waals surface area contributed by atoms with Crippen LogP contribution in [0.5, 0.6) is 5.75 Å². The Morgan fingerprint density at radius 2 is 1.83 bits per heavy atom. The molecule has 2 rings (SSSR count). The maximum atomic E-state index is 12.4. The molecule has 0 spiro atoms. The lowest BCUT2D eigenvalue weighted by Crippen LogP contribution is -2.05. The summed E-state index contributed by atoms with van der Waals surface area (Å²) in [6.07, 6.45) is 0. The highest BCUT2D eigenvalue weighted by atomic mass is 35.5. The zero-order chi connectivity index (χ0) is 13.1. The molecular weight excluding hydrogens is 248 g/mol. The van der Waals surface area contributed by atoms with Crippen LogP contribution in [0.2, 0.25) is 5.02 Å². The topological polar surface area (TPSA) is 26.3 Å². The molecule has 18 heavy (non-hydrogen) atoms. The summed E-state index contributed by atoms with van der Waals surface area (Å²) in [4.78, 5) is 12.4. The molecule has 2 aromatic carbocycles. The van der Waals surface area contributed by atoms with E-state index in [2.05, 4.69) is 0 Å². The minimum Gasteiger partial charge on any atom is -0.496 e. The van der Waals surface area contributed by atoms with Gasteiger partial charge in [-0.15, -0.1) is 0 Å². The van der Waals surface area contributed by atoms with Gasteiger partial charge in [0, 0.05) is 10.6 Å². The minimum absolute atomic E-state index is 0.0541. The van der Waals surface area contributed by atoms with Gasteiger partial charge < -0.3 is 4.74 Å². The van der Waals surface area contributed by atoms with Gasteiger partial charge in [-0.3, -0.25) is 4.79 Å². The number of carbonyl (C=O) groups is 1. The third kappa shape index (κ3) is 2.39. The predicted octanol–water partition coefficient (Wildman–Crippen LogP) is 3.89. The summed E-state index contributed by atoms with van der Waals surface area (Å²) in [6.45, 7) is 1.87. The van der Waals surface area contributed by atoms with Crippen LogP contribution >= 0.6 is 11.6 Å². The molecule has 0 aliphatic carbocycles. The van der Waals surface area contributed by atoms with Gasteiger partial charge in [0.05, 0.1) is 12.7 Å². The van der Waals surface area contributed by atoms with E-state index >= 15 is 0 Å². The Kier molecular flexibility index (Phi) is 3.68. The van der Waals surface area contributed by atoms with E-state index in [0.29, 0.717) is 21.9 Å². The second-order valence-electron chi connectivity index (χ2n) is 3.99. The van der Waals surface area contributed by atoms with Gasteiger partial charge in [-0.05, 0) is 42.8 Å². The monoisotopic (exact) mass is 260 g/mol. The molecule has 0 unspecified atom stereocenters. The number of ketones is 1. The Balaban J connectivity index is 2.48. The summed E-state index contributed by atoms with van der Waals surface area (Å²) < 4.78 is 5.20. The van der Waals surface area contributed by atoms with Crippen molar-refractivity contribution >= 4 is 17.4 Å². The quantitative estimate of drug-likeness (QED) is 0.783. The molecule has 0 aromatic heterocycles. The molecule has 0 atom stereocenters. The first-order chi connectivity index (χ1) is 8.63. The van der Waals surface area contributed by atoms with E-state index in [1.165, 1.54) is 0 Å². The number of hydrogen-bond acceptors (Lipinski definition) is 2. The number of rotatable bonds is 3. The molecule has 0 fully saturated rings. The molecule has 0 aliphatic rings. The molecule has 0 saturated carbocycles. The molecule has 0 saturated heterocycles.